The van der Waals surface area contributed by atoms with E-state index >= 15 is 0 Å². The molecule has 106 valence electrons. The second-order valence-electron chi connectivity index (χ2n) is 4.63. The van der Waals surface area contributed by atoms with Gasteiger partial charge in [0, 0.05) is 15.7 Å². The van der Waals surface area contributed by atoms with Gasteiger partial charge >= 0.3 is 0 Å². The zero-order valence-electron chi connectivity index (χ0n) is 10.7. The molecule has 0 bridgehead atoms. The Morgan fingerprint density at radius 2 is 1.75 bits per heavy atom. The fourth-order valence-electron chi connectivity index (χ4n) is 2.05. The largest absolute Gasteiger partial charge is 0.271 e. The molecule has 2 rings (SSSR count). The molecule has 2 nitrogen and oxygen atoms in total. The number of hydrogen-bond acceptors (Lipinski definition) is 2. The van der Waals surface area contributed by atoms with Crippen molar-refractivity contribution in [3.63, 3.8) is 0 Å². The minimum absolute atomic E-state index is 0.102. The Hall–Kier alpha value is -1.05. The number of benzene rings is 2. The Morgan fingerprint density at radius 1 is 1.05 bits per heavy atom. The van der Waals surface area contributed by atoms with Crippen LogP contribution in [0.4, 0.5) is 8.78 Å². The number of nitrogens with two attached hydrogens (primary N) is 1. The average Bonchev–Trinajstić information content (AvgIpc) is 2.43. The predicted molar refractivity (Wildman–Crippen MR) is 84.0 cm³/mol. The topological polar surface area (TPSA) is 38.0 Å². The van der Waals surface area contributed by atoms with Crippen molar-refractivity contribution < 1.29 is 8.78 Å². The molecule has 5 heteroatoms. The van der Waals surface area contributed by atoms with Crippen LogP contribution in [-0.2, 0) is 12.8 Å². The summed E-state index contributed by atoms with van der Waals surface area (Å²) in [5.41, 5.74) is 4.27. The van der Waals surface area contributed by atoms with Crippen LogP contribution in [0.1, 0.15) is 11.1 Å². The van der Waals surface area contributed by atoms with Gasteiger partial charge in [-0.15, -0.1) is 0 Å². The van der Waals surface area contributed by atoms with E-state index in [4.69, 9.17) is 5.84 Å². The van der Waals surface area contributed by atoms with E-state index in [2.05, 4.69) is 28.0 Å². The molecule has 0 aromatic heterocycles. The molecule has 20 heavy (non-hydrogen) atoms. The van der Waals surface area contributed by atoms with Gasteiger partial charge in [0.25, 0.3) is 0 Å². The lowest BCUT2D eigenvalue weighted by molar-refractivity contribution is 0.502. The molecular formula is C15H15F2IN2. The highest BCUT2D eigenvalue weighted by molar-refractivity contribution is 14.1. The molecule has 0 saturated heterocycles. The first-order chi connectivity index (χ1) is 9.58. The van der Waals surface area contributed by atoms with Crippen LogP contribution in [0.15, 0.2) is 42.5 Å². The first-order valence-corrected chi connectivity index (χ1v) is 7.31. The highest BCUT2D eigenvalue weighted by atomic mass is 127. The van der Waals surface area contributed by atoms with Crippen LogP contribution in [0, 0.1) is 15.2 Å². The summed E-state index contributed by atoms with van der Waals surface area (Å²) in [6.45, 7) is 0. The molecule has 0 spiro atoms. The molecule has 0 saturated carbocycles. The van der Waals surface area contributed by atoms with Gasteiger partial charge < -0.3 is 0 Å². The number of hydrazine groups is 1. The summed E-state index contributed by atoms with van der Waals surface area (Å²) in [5, 5.41) is 0. The summed E-state index contributed by atoms with van der Waals surface area (Å²) in [7, 11) is 0. The molecule has 1 unspecified atom stereocenters. The molecule has 2 aromatic rings. The average molecular weight is 388 g/mol. The van der Waals surface area contributed by atoms with Gasteiger partial charge in [-0.05, 0) is 64.8 Å². The second kappa shape index (κ2) is 7.10. The van der Waals surface area contributed by atoms with Crippen LogP contribution in [0.5, 0.6) is 0 Å². The summed E-state index contributed by atoms with van der Waals surface area (Å²) in [6.07, 6.45) is 1.10. The van der Waals surface area contributed by atoms with Crippen molar-refractivity contribution in [2.24, 2.45) is 5.84 Å². The van der Waals surface area contributed by atoms with E-state index < -0.39 is 11.6 Å². The summed E-state index contributed by atoms with van der Waals surface area (Å²) >= 11 is 2.24. The molecule has 0 heterocycles. The summed E-state index contributed by atoms with van der Waals surface area (Å²) in [5.74, 6) is 4.43. The molecule has 1 atom stereocenters. The first-order valence-electron chi connectivity index (χ1n) is 6.23. The standard InChI is InChI=1S/C15H15F2IN2/c16-12-4-3-11(15(17)9-12)8-14(20-19)7-10-1-5-13(18)6-2-10/h1-6,9,14,20H,7-8,19H2. The van der Waals surface area contributed by atoms with E-state index in [9.17, 15) is 8.78 Å². The molecule has 0 aliphatic heterocycles. The molecule has 0 aliphatic rings. The smallest absolute Gasteiger partial charge is 0.129 e. The van der Waals surface area contributed by atoms with Gasteiger partial charge in [-0.25, -0.2) is 8.78 Å². The van der Waals surface area contributed by atoms with E-state index in [1.165, 1.54) is 12.1 Å². The summed E-state index contributed by atoms with van der Waals surface area (Å²) in [6, 6.07) is 11.6. The van der Waals surface area contributed by atoms with Gasteiger partial charge in [0.15, 0.2) is 0 Å². The van der Waals surface area contributed by atoms with Gasteiger partial charge in [-0.1, -0.05) is 18.2 Å². The van der Waals surface area contributed by atoms with Crippen LogP contribution >= 0.6 is 22.6 Å². The van der Waals surface area contributed by atoms with Crippen LogP contribution < -0.4 is 11.3 Å². The third-order valence-corrected chi connectivity index (χ3v) is 3.83. The number of rotatable bonds is 5. The highest BCUT2D eigenvalue weighted by Gasteiger charge is 2.12. The molecule has 3 N–H and O–H groups in total. The lowest BCUT2D eigenvalue weighted by atomic mass is 9.99. The Morgan fingerprint density at radius 3 is 2.35 bits per heavy atom. The Bertz CT molecular complexity index is 573. The maximum absolute atomic E-state index is 13.6. The lowest BCUT2D eigenvalue weighted by Gasteiger charge is -2.16. The Labute approximate surface area is 130 Å². The van der Waals surface area contributed by atoms with Crippen LogP contribution in [0.3, 0.4) is 0 Å². The second-order valence-corrected chi connectivity index (χ2v) is 5.88. The van der Waals surface area contributed by atoms with Crippen LogP contribution in [0.2, 0.25) is 0 Å². The fourth-order valence-corrected chi connectivity index (χ4v) is 2.41. The molecule has 2 aromatic carbocycles. The van der Waals surface area contributed by atoms with Gasteiger partial charge in [-0.2, -0.15) is 0 Å². The van der Waals surface area contributed by atoms with Crippen molar-refractivity contribution in [1.29, 1.82) is 0 Å². The number of nitrogens with one attached hydrogen (secondary N) is 1. The van der Waals surface area contributed by atoms with Gasteiger partial charge in [-0.3, -0.25) is 11.3 Å². The van der Waals surface area contributed by atoms with Crippen molar-refractivity contribution >= 4 is 22.6 Å². The van der Waals surface area contributed by atoms with E-state index in [1.807, 2.05) is 24.3 Å². The highest BCUT2D eigenvalue weighted by Crippen LogP contribution is 2.14. The van der Waals surface area contributed by atoms with E-state index in [0.717, 1.165) is 15.2 Å². The van der Waals surface area contributed by atoms with Crippen LogP contribution in [-0.4, -0.2) is 6.04 Å². The molecule has 0 fully saturated rings. The molecule has 0 radical (unpaired) electrons. The lowest BCUT2D eigenvalue weighted by Crippen LogP contribution is -2.38. The monoisotopic (exact) mass is 388 g/mol. The third-order valence-electron chi connectivity index (χ3n) is 3.11. The zero-order valence-corrected chi connectivity index (χ0v) is 12.9. The minimum Gasteiger partial charge on any atom is -0.271 e. The SMILES string of the molecule is NNC(Cc1ccc(I)cc1)Cc1ccc(F)cc1F. The van der Waals surface area contributed by atoms with Crippen molar-refractivity contribution in [2.45, 2.75) is 18.9 Å². The number of hydrogen-bond donors (Lipinski definition) is 2. The predicted octanol–water partition coefficient (Wildman–Crippen LogP) is 3.19. The Kier molecular flexibility index (Phi) is 5.45. The van der Waals surface area contributed by atoms with Crippen molar-refractivity contribution in [2.75, 3.05) is 0 Å². The molecule has 0 aliphatic carbocycles. The van der Waals surface area contributed by atoms with Crippen molar-refractivity contribution in [3.05, 3.63) is 68.8 Å². The van der Waals surface area contributed by atoms with E-state index in [1.54, 1.807) is 0 Å². The minimum atomic E-state index is -0.568. The van der Waals surface area contributed by atoms with Crippen molar-refractivity contribution in [3.8, 4) is 0 Å². The fraction of sp³-hybridized carbons (Fsp3) is 0.200. The maximum atomic E-state index is 13.6. The van der Waals surface area contributed by atoms with Crippen molar-refractivity contribution in [1.82, 2.24) is 5.43 Å². The first kappa shape index (κ1) is 15.3. The normalized spacial score (nSPS) is 12.4. The zero-order chi connectivity index (χ0) is 14.5. The quantitative estimate of drug-likeness (QED) is 0.469. The van der Waals surface area contributed by atoms with Crippen LogP contribution in [0.25, 0.3) is 0 Å². The van der Waals surface area contributed by atoms with Gasteiger partial charge in [0.1, 0.15) is 11.6 Å². The Balaban J connectivity index is 2.07. The summed E-state index contributed by atoms with van der Waals surface area (Å²) < 4.78 is 27.7. The van der Waals surface area contributed by atoms with E-state index in [-0.39, 0.29) is 6.04 Å². The van der Waals surface area contributed by atoms with E-state index in [0.29, 0.717) is 18.4 Å². The van der Waals surface area contributed by atoms with Gasteiger partial charge in [0.05, 0.1) is 0 Å². The maximum Gasteiger partial charge on any atom is 0.129 e. The number of halogens is 3. The molecule has 0 amide bonds. The molecular weight excluding hydrogens is 373 g/mol. The van der Waals surface area contributed by atoms with Gasteiger partial charge in [0.2, 0.25) is 0 Å². The third kappa shape index (κ3) is 4.22. The summed E-state index contributed by atoms with van der Waals surface area (Å²) in [4.78, 5) is 0.